The molecule has 2 aromatic carbocycles. The van der Waals surface area contributed by atoms with Crippen LogP contribution >= 0.6 is 0 Å². The third kappa shape index (κ3) is 5.34. The predicted octanol–water partition coefficient (Wildman–Crippen LogP) is 3.42. The topological polar surface area (TPSA) is 110 Å². The largest absolute Gasteiger partial charge is 0.444 e. The lowest BCUT2D eigenvalue weighted by atomic mass is 10.1. The van der Waals surface area contributed by atoms with Crippen LogP contribution in [0.3, 0.4) is 0 Å². The number of pyridine rings is 1. The van der Waals surface area contributed by atoms with Gasteiger partial charge in [0.15, 0.2) is 0 Å². The first kappa shape index (κ1) is 21.2. The van der Waals surface area contributed by atoms with Gasteiger partial charge >= 0.3 is 6.09 Å². The smallest absolute Gasteiger partial charge is 0.407 e. The maximum atomic E-state index is 12.5. The minimum atomic E-state index is -0.430. The number of aromatic nitrogens is 1. The number of ether oxygens (including phenoxy) is 1. The number of para-hydroxylation sites is 2. The lowest BCUT2D eigenvalue weighted by molar-refractivity contribution is 0.102. The highest BCUT2D eigenvalue weighted by Gasteiger charge is 2.26. The van der Waals surface area contributed by atoms with Crippen molar-refractivity contribution in [3.63, 3.8) is 0 Å². The van der Waals surface area contributed by atoms with Gasteiger partial charge < -0.3 is 26.0 Å². The molecule has 1 fully saturated rings. The van der Waals surface area contributed by atoms with Crippen LogP contribution in [0, 0.1) is 0 Å². The van der Waals surface area contributed by atoms with Crippen molar-refractivity contribution in [2.45, 2.75) is 19.1 Å². The van der Waals surface area contributed by atoms with E-state index >= 15 is 0 Å². The Morgan fingerprint density at radius 1 is 1.06 bits per heavy atom. The van der Waals surface area contributed by atoms with Crippen LogP contribution in [0.1, 0.15) is 22.3 Å². The predicted molar refractivity (Wildman–Crippen MR) is 123 cm³/mol. The maximum Gasteiger partial charge on any atom is 0.407 e. The fraction of sp³-hybridized carbons (Fsp3) is 0.208. The standard InChI is InChI=1S/C24H25N5O3/c25-21-3-1-2-4-22(21)28-23(30)18-5-7-19(8-6-18)29-14-11-20(16-29)32-24(31)27-15-17-9-12-26-13-10-17/h1-10,12-13,20H,11,14-16,25H2,(H,27,31)(H,28,30). The van der Waals surface area contributed by atoms with Crippen LogP contribution in [0.2, 0.25) is 0 Å². The number of nitrogens with one attached hydrogen (secondary N) is 2. The number of hydrogen-bond acceptors (Lipinski definition) is 6. The van der Waals surface area contributed by atoms with Crippen molar-refractivity contribution in [2.24, 2.45) is 0 Å². The van der Waals surface area contributed by atoms with Crippen LogP contribution in [-0.4, -0.2) is 36.2 Å². The Hall–Kier alpha value is -4.07. The van der Waals surface area contributed by atoms with Gasteiger partial charge in [0.25, 0.3) is 5.91 Å². The molecule has 32 heavy (non-hydrogen) atoms. The Bertz CT molecular complexity index is 1070. The lowest BCUT2D eigenvalue weighted by Crippen LogP contribution is -2.30. The molecule has 1 aliphatic rings. The highest BCUT2D eigenvalue weighted by molar-refractivity contribution is 6.05. The number of nitrogens with zero attached hydrogens (tertiary/aromatic N) is 2. The molecule has 4 rings (SSSR count). The normalized spacial score (nSPS) is 15.2. The summed E-state index contributed by atoms with van der Waals surface area (Å²) >= 11 is 0. The quantitative estimate of drug-likeness (QED) is 0.516. The average Bonchev–Trinajstić information content (AvgIpc) is 3.28. The number of carbonyl (C=O) groups excluding carboxylic acids is 2. The van der Waals surface area contributed by atoms with Crippen molar-refractivity contribution >= 4 is 29.1 Å². The van der Waals surface area contributed by atoms with Gasteiger partial charge in [-0.2, -0.15) is 0 Å². The van der Waals surface area contributed by atoms with Crippen molar-refractivity contribution in [1.29, 1.82) is 0 Å². The molecule has 4 N–H and O–H groups in total. The Kier molecular flexibility index (Phi) is 6.50. The second-order valence-electron chi connectivity index (χ2n) is 7.56. The summed E-state index contributed by atoms with van der Waals surface area (Å²) < 4.78 is 5.54. The molecule has 2 heterocycles. The molecule has 0 aliphatic carbocycles. The molecule has 0 bridgehead atoms. The van der Waals surface area contributed by atoms with Crippen molar-refractivity contribution in [2.75, 3.05) is 29.0 Å². The summed E-state index contributed by atoms with van der Waals surface area (Å²) in [6.45, 7) is 1.78. The van der Waals surface area contributed by atoms with E-state index in [1.807, 2.05) is 36.4 Å². The van der Waals surface area contributed by atoms with E-state index in [4.69, 9.17) is 10.5 Å². The van der Waals surface area contributed by atoms with Gasteiger partial charge in [-0.3, -0.25) is 9.78 Å². The number of benzene rings is 2. The minimum absolute atomic E-state index is 0.184. The second-order valence-corrected chi connectivity index (χ2v) is 7.56. The number of carbonyl (C=O) groups is 2. The molecule has 1 aromatic heterocycles. The van der Waals surface area contributed by atoms with Crippen molar-refractivity contribution in [1.82, 2.24) is 10.3 Å². The van der Waals surface area contributed by atoms with E-state index in [1.54, 1.807) is 36.7 Å². The first-order chi connectivity index (χ1) is 15.6. The van der Waals surface area contributed by atoms with Gasteiger partial charge in [-0.15, -0.1) is 0 Å². The molecule has 1 atom stereocenters. The fourth-order valence-electron chi connectivity index (χ4n) is 3.56. The van der Waals surface area contributed by atoms with Crippen LogP contribution in [-0.2, 0) is 11.3 Å². The number of amides is 2. The monoisotopic (exact) mass is 431 g/mol. The van der Waals surface area contributed by atoms with Crippen LogP contribution in [0.5, 0.6) is 0 Å². The highest BCUT2D eigenvalue weighted by Crippen LogP contribution is 2.23. The summed E-state index contributed by atoms with van der Waals surface area (Å²) in [4.78, 5) is 30.7. The summed E-state index contributed by atoms with van der Waals surface area (Å²) in [6.07, 6.45) is 3.50. The Morgan fingerprint density at radius 3 is 2.56 bits per heavy atom. The van der Waals surface area contributed by atoms with E-state index in [0.29, 0.717) is 30.0 Å². The molecule has 0 radical (unpaired) electrons. The van der Waals surface area contributed by atoms with Gasteiger partial charge in [0, 0.05) is 43.2 Å². The van der Waals surface area contributed by atoms with Crippen LogP contribution < -0.4 is 21.3 Å². The molecule has 3 aromatic rings. The molecule has 2 amide bonds. The molecule has 1 aliphatic heterocycles. The van der Waals surface area contributed by atoms with Gasteiger partial charge in [0.2, 0.25) is 0 Å². The highest BCUT2D eigenvalue weighted by atomic mass is 16.6. The molecular weight excluding hydrogens is 406 g/mol. The molecule has 8 heteroatoms. The van der Waals surface area contributed by atoms with Gasteiger partial charge in [-0.1, -0.05) is 12.1 Å². The van der Waals surface area contributed by atoms with Crippen LogP contribution in [0.25, 0.3) is 0 Å². The van der Waals surface area contributed by atoms with Crippen molar-refractivity contribution in [3.8, 4) is 0 Å². The second kappa shape index (κ2) is 9.82. The molecule has 0 saturated carbocycles. The summed E-state index contributed by atoms with van der Waals surface area (Å²) in [5, 5.41) is 5.59. The fourth-order valence-corrected chi connectivity index (χ4v) is 3.56. The summed E-state index contributed by atoms with van der Waals surface area (Å²) in [6, 6.07) is 18.2. The van der Waals surface area contributed by atoms with E-state index in [1.165, 1.54) is 0 Å². The molecular formula is C24H25N5O3. The summed E-state index contributed by atoms with van der Waals surface area (Å²) in [5.41, 5.74) is 9.47. The lowest BCUT2D eigenvalue weighted by Gasteiger charge is -2.19. The Balaban J connectivity index is 1.27. The molecule has 1 saturated heterocycles. The number of anilines is 3. The Morgan fingerprint density at radius 2 is 1.81 bits per heavy atom. The zero-order valence-corrected chi connectivity index (χ0v) is 17.5. The first-order valence-corrected chi connectivity index (χ1v) is 10.4. The molecule has 164 valence electrons. The first-order valence-electron chi connectivity index (χ1n) is 10.4. The zero-order chi connectivity index (χ0) is 22.3. The van der Waals surface area contributed by atoms with Crippen LogP contribution in [0.15, 0.2) is 73.1 Å². The minimum Gasteiger partial charge on any atom is -0.444 e. The van der Waals surface area contributed by atoms with Gasteiger partial charge in [-0.25, -0.2) is 4.79 Å². The van der Waals surface area contributed by atoms with E-state index in [9.17, 15) is 9.59 Å². The maximum absolute atomic E-state index is 12.5. The Labute approximate surface area is 186 Å². The van der Waals surface area contributed by atoms with Gasteiger partial charge in [0.1, 0.15) is 6.10 Å². The number of hydrogen-bond donors (Lipinski definition) is 3. The summed E-state index contributed by atoms with van der Waals surface area (Å²) in [7, 11) is 0. The number of nitrogen functional groups attached to an aromatic ring is 1. The molecule has 1 unspecified atom stereocenters. The van der Waals surface area contributed by atoms with Crippen molar-refractivity contribution < 1.29 is 14.3 Å². The van der Waals surface area contributed by atoms with Gasteiger partial charge in [0.05, 0.1) is 17.9 Å². The van der Waals surface area contributed by atoms with E-state index in [2.05, 4.69) is 20.5 Å². The van der Waals surface area contributed by atoms with E-state index in [-0.39, 0.29) is 12.0 Å². The number of nitrogens with two attached hydrogens (primary N) is 1. The molecule has 0 spiro atoms. The van der Waals surface area contributed by atoms with Crippen LogP contribution in [0.4, 0.5) is 21.9 Å². The zero-order valence-electron chi connectivity index (χ0n) is 17.5. The third-order valence-corrected chi connectivity index (χ3v) is 5.31. The van der Waals surface area contributed by atoms with Crippen molar-refractivity contribution in [3.05, 3.63) is 84.2 Å². The average molecular weight is 431 g/mol. The third-order valence-electron chi connectivity index (χ3n) is 5.31. The number of alkyl carbamates (subject to hydrolysis) is 1. The summed E-state index contributed by atoms with van der Waals surface area (Å²) in [5.74, 6) is -0.219. The molecule has 8 nitrogen and oxygen atoms in total. The van der Waals surface area contributed by atoms with E-state index < -0.39 is 6.09 Å². The van der Waals surface area contributed by atoms with Gasteiger partial charge in [-0.05, 0) is 54.1 Å². The SMILES string of the molecule is Nc1ccccc1NC(=O)c1ccc(N2CCC(OC(=O)NCc3ccncc3)C2)cc1. The van der Waals surface area contributed by atoms with E-state index in [0.717, 1.165) is 24.2 Å². The number of rotatable bonds is 6.